The molecule has 31 heavy (non-hydrogen) atoms. The van der Waals surface area contributed by atoms with E-state index in [2.05, 4.69) is 26.3 Å². The summed E-state index contributed by atoms with van der Waals surface area (Å²) in [5.41, 5.74) is 2.00. The fraction of sp³-hybridized carbons (Fsp3) is 0.375. The van der Waals surface area contributed by atoms with E-state index in [1.165, 1.54) is 38.7 Å². The molecule has 1 aliphatic heterocycles. The molecule has 1 saturated heterocycles. The van der Waals surface area contributed by atoms with E-state index in [4.69, 9.17) is 9.47 Å². The molecule has 0 saturated carbocycles. The van der Waals surface area contributed by atoms with Gasteiger partial charge in [0.1, 0.15) is 18.2 Å². The van der Waals surface area contributed by atoms with Gasteiger partial charge in [-0.3, -0.25) is 0 Å². The van der Waals surface area contributed by atoms with Crippen LogP contribution in [-0.4, -0.2) is 48.2 Å². The maximum absolute atomic E-state index is 9.35. The average Bonchev–Trinajstić information content (AvgIpc) is 2.82. The summed E-state index contributed by atoms with van der Waals surface area (Å²) in [6, 6.07) is 13.3. The van der Waals surface area contributed by atoms with E-state index in [1.54, 1.807) is 13.2 Å². The van der Waals surface area contributed by atoms with Crippen LogP contribution in [0.1, 0.15) is 31.2 Å². The number of piperidine rings is 1. The zero-order chi connectivity index (χ0) is 21.5. The maximum atomic E-state index is 9.35. The molecule has 4 rings (SSSR count). The number of hydrogen-bond donors (Lipinski definition) is 1. The number of fused-ring (bicyclic) bond motifs is 1. The van der Waals surface area contributed by atoms with Crippen molar-refractivity contribution in [3.63, 3.8) is 0 Å². The first-order valence-electron chi connectivity index (χ1n) is 10.7. The molecule has 160 valence electrons. The number of nitriles is 1. The lowest BCUT2D eigenvalue weighted by atomic mass is 10.1. The zero-order valence-electron chi connectivity index (χ0n) is 17.8. The number of anilines is 2. The molecular weight excluding hydrogens is 390 g/mol. The first-order chi connectivity index (χ1) is 15.3. The first-order valence-corrected chi connectivity index (χ1v) is 10.7. The Balaban J connectivity index is 1.50. The summed E-state index contributed by atoms with van der Waals surface area (Å²) < 4.78 is 11.6. The fourth-order valence-electron chi connectivity index (χ4n) is 3.91. The van der Waals surface area contributed by atoms with Gasteiger partial charge in [0.25, 0.3) is 0 Å². The molecule has 0 atom stereocenters. The van der Waals surface area contributed by atoms with E-state index in [1.807, 2.05) is 30.3 Å². The minimum atomic E-state index is 0.551. The van der Waals surface area contributed by atoms with Crippen LogP contribution in [0.15, 0.2) is 42.7 Å². The highest BCUT2D eigenvalue weighted by atomic mass is 16.5. The second-order valence-electron chi connectivity index (χ2n) is 7.63. The molecule has 0 radical (unpaired) electrons. The van der Waals surface area contributed by atoms with Gasteiger partial charge in [0.05, 0.1) is 30.5 Å². The third-order valence-corrected chi connectivity index (χ3v) is 5.55. The lowest BCUT2D eigenvalue weighted by Crippen LogP contribution is -2.31. The van der Waals surface area contributed by atoms with Crippen molar-refractivity contribution in [2.45, 2.75) is 25.7 Å². The smallest absolute Gasteiger partial charge is 0.163 e. The number of benzene rings is 2. The highest BCUT2D eigenvalue weighted by molar-refractivity contribution is 5.93. The van der Waals surface area contributed by atoms with Crippen molar-refractivity contribution >= 4 is 22.4 Å². The zero-order valence-corrected chi connectivity index (χ0v) is 17.8. The number of hydrogen-bond acceptors (Lipinski definition) is 7. The molecule has 1 aliphatic rings. The molecule has 2 aromatic carbocycles. The van der Waals surface area contributed by atoms with Gasteiger partial charge < -0.3 is 19.7 Å². The Bertz CT molecular complexity index is 1070. The van der Waals surface area contributed by atoms with Gasteiger partial charge in [0.15, 0.2) is 11.5 Å². The Morgan fingerprint density at radius 2 is 1.94 bits per heavy atom. The van der Waals surface area contributed by atoms with E-state index in [9.17, 15) is 5.26 Å². The summed E-state index contributed by atoms with van der Waals surface area (Å²) >= 11 is 0. The summed E-state index contributed by atoms with van der Waals surface area (Å²) in [5, 5.41) is 13.4. The molecule has 7 heteroatoms. The van der Waals surface area contributed by atoms with Crippen LogP contribution in [-0.2, 0) is 0 Å². The number of likely N-dealkylation sites (tertiary alicyclic amines) is 1. The number of aromatic nitrogens is 2. The van der Waals surface area contributed by atoms with Crippen LogP contribution in [0.3, 0.4) is 0 Å². The van der Waals surface area contributed by atoms with Crippen molar-refractivity contribution in [1.82, 2.24) is 14.9 Å². The number of ether oxygens (including phenoxy) is 2. The Hall–Kier alpha value is -3.37. The van der Waals surface area contributed by atoms with E-state index >= 15 is 0 Å². The average molecular weight is 418 g/mol. The van der Waals surface area contributed by atoms with Crippen LogP contribution >= 0.6 is 0 Å². The molecule has 7 nitrogen and oxygen atoms in total. The maximum Gasteiger partial charge on any atom is 0.163 e. The first kappa shape index (κ1) is 20.9. The third-order valence-electron chi connectivity index (χ3n) is 5.55. The fourth-order valence-corrected chi connectivity index (χ4v) is 3.91. The van der Waals surface area contributed by atoms with Crippen LogP contribution in [0.25, 0.3) is 10.9 Å². The highest BCUT2D eigenvalue weighted by Crippen LogP contribution is 2.35. The SMILES string of the molecule is COc1cc2c(Nc3ccccc3C#N)ncnc2cc1OCCCN1CCCCC1. The van der Waals surface area contributed by atoms with Crippen LogP contribution < -0.4 is 14.8 Å². The van der Waals surface area contributed by atoms with Crippen LogP contribution in [0.5, 0.6) is 11.5 Å². The van der Waals surface area contributed by atoms with Gasteiger partial charge >= 0.3 is 0 Å². The predicted octanol–water partition coefficient (Wildman–Crippen LogP) is 4.51. The molecular formula is C24H27N5O2. The topological polar surface area (TPSA) is 83.3 Å². The monoisotopic (exact) mass is 417 g/mol. The minimum absolute atomic E-state index is 0.551. The molecule has 0 aliphatic carbocycles. The minimum Gasteiger partial charge on any atom is -0.493 e. The van der Waals surface area contributed by atoms with Gasteiger partial charge in [0.2, 0.25) is 0 Å². The molecule has 3 aromatic rings. The Labute approximate surface area is 182 Å². The van der Waals surface area contributed by atoms with Gasteiger partial charge in [-0.25, -0.2) is 9.97 Å². The molecule has 1 aromatic heterocycles. The van der Waals surface area contributed by atoms with Crippen molar-refractivity contribution in [3.05, 3.63) is 48.3 Å². The van der Waals surface area contributed by atoms with Crippen LogP contribution in [0.4, 0.5) is 11.5 Å². The van der Waals surface area contributed by atoms with Crippen molar-refractivity contribution < 1.29 is 9.47 Å². The number of nitrogens with one attached hydrogen (secondary N) is 1. The molecule has 0 amide bonds. The van der Waals surface area contributed by atoms with E-state index < -0.39 is 0 Å². The van der Waals surface area contributed by atoms with Crippen LogP contribution in [0, 0.1) is 11.3 Å². The summed E-state index contributed by atoms with van der Waals surface area (Å²) in [4.78, 5) is 11.3. The third kappa shape index (κ3) is 5.04. The molecule has 2 heterocycles. The van der Waals surface area contributed by atoms with Crippen molar-refractivity contribution in [2.24, 2.45) is 0 Å². The molecule has 1 fully saturated rings. The largest absolute Gasteiger partial charge is 0.493 e. The quantitative estimate of drug-likeness (QED) is 0.540. The number of nitrogens with zero attached hydrogens (tertiary/aromatic N) is 4. The van der Waals surface area contributed by atoms with E-state index in [0.717, 1.165) is 23.9 Å². The molecule has 0 bridgehead atoms. The predicted molar refractivity (Wildman–Crippen MR) is 121 cm³/mol. The summed E-state index contributed by atoms with van der Waals surface area (Å²) in [5.74, 6) is 1.93. The number of rotatable bonds is 8. The normalized spacial score (nSPS) is 14.2. The number of para-hydroxylation sites is 1. The van der Waals surface area contributed by atoms with Gasteiger partial charge in [-0.2, -0.15) is 5.26 Å². The Kier molecular flexibility index (Phi) is 6.80. The molecule has 0 unspecified atom stereocenters. The van der Waals surface area contributed by atoms with Crippen molar-refractivity contribution in [3.8, 4) is 17.6 Å². The Morgan fingerprint density at radius 1 is 1.10 bits per heavy atom. The lowest BCUT2D eigenvalue weighted by Gasteiger charge is -2.26. The van der Waals surface area contributed by atoms with E-state index in [0.29, 0.717) is 35.2 Å². The Morgan fingerprint density at radius 3 is 2.74 bits per heavy atom. The second-order valence-corrected chi connectivity index (χ2v) is 7.63. The number of methoxy groups -OCH3 is 1. The standard InChI is InChI=1S/C24H27N5O2/c1-30-22-14-19-21(15-23(22)31-13-7-12-29-10-5-2-6-11-29)26-17-27-24(19)28-20-9-4-3-8-18(20)16-25/h3-4,8-9,14-15,17H,2,5-7,10-13H2,1H3,(H,26,27,28). The summed E-state index contributed by atoms with van der Waals surface area (Å²) in [7, 11) is 1.63. The van der Waals surface area contributed by atoms with Gasteiger partial charge in [-0.05, 0) is 50.6 Å². The van der Waals surface area contributed by atoms with Gasteiger partial charge in [-0.1, -0.05) is 18.6 Å². The summed E-state index contributed by atoms with van der Waals surface area (Å²) in [6.45, 7) is 4.08. The summed E-state index contributed by atoms with van der Waals surface area (Å²) in [6.07, 6.45) is 6.43. The lowest BCUT2D eigenvalue weighted by molar-refractivity contribution is 0.203. The van der Waals surface area contributed by atoms with Gasteiger partial charge in [0, 0.05) is 18.0 Å². The molecule has 1 N–H and O–H groups in total. The molecule has 0 spiro atoms. The second kappa shape index (κ2) is 10.1. The van der Waals surface area contributed by atoms with Gasteiger partial charge in [-0.15, -0.1) is 0 Å². The van der Waals surface area contributed by atoms with E-state index in [-0.39, 0.29) is 0 Å². The van der Waals surface area contributed by atoms with Crippen LogP contribution in [0.2, 0.25) is 0 Å². The van der Waals surface area contributed by atoms with Crippen molar-refractivity contribution in [1.29, 1.82) is 5.26 Å². The van der Waals surface area contributed by atoms with Crippen molar-refractivity contribution in [2.75, 3.05) is 38.7 Å². The highest BCUT2D eigenvalue weighted by Gasteiger charge is 2.14.